The van der Waals surface area contributed by atoms with Crippen molar-refractivity contribution in [3.05, 3.63) is 295 Å². The Kier molecular flexibility index (Phi) is 34.1. The Morgan fingerprint density at radius 2 is 0.638 bits per heavy atom. The number of carbonyl (C=O) groups excluding carboxylic acids is 8. The Balaban J connectivity index is 0.000000140. The van der Waals surface area contributed by atoms with Crippen LogP contribution >= 0.6 is 0 Å². The summed E-state index contributed by atoms with van der Waals surface area (Å²) in [4.78, 5) is 155. The number of ketones is 4. The molecule has 4 saturated carbocycles. The summed E-state index contributed by atoms with van der Waals surface area (Å²) < 4.78 is 23.9. The fourth-order valence-electron chi connectivity index (χ4n) is 22.5. The zero-order valence-corrected chi connectivity index (χ0v) is 78.1. The van der Waals surface area contributed by atoms with Crippen LogP contribution in [0.25, 0.3) is 22.8 Å². The molecule has 0 spiro atoms. The van der Waals surface area contributed by atoms with Gasteiger partial charge in [-0.3, -0.25) is 57.4 Å². The van der Waals surface area contributed by atoms with E-state index >= 15 is 0 Å². The van der Waals surface area contributed by atoms with Crippen molar-refractivity contribution >= 4 is 52.7 Å². The SMILES string of the molecule is N#Cc1ccc(CC(=O)[C@@H]2[C@H](c3ccccc3)CCN2C(=O)C2CCC(CN)CC2)cc1.NCC1CCC(C(=O)N2CC[C@@H](c3ccccc3)[C@@H]2C(=O)Cc2ccc(C(=O)O)cc2)CC1.NCC1CCC(C(=O)N2CC[C@@H](c3ccccc3)[C@H]2C(=O)Cc2ccc(-c3noc(=O)[nH]3)c(F)c2)CC1.NCC1CCC(C(=O)N2CC[C@@H](c3ccccc3)[C@H]2C(=O)Cc2ccc(-c3noc(=O)[nH]3)cc2)CC1. The largest absolute Gasteiger partial charge is 0.478 e. The third-order valence-electron chi connectivity index (χ3n) is 30.3. The number of benzene rings is 8. The summed E-state index contributed by atoms with van der Waals surface area (Å²) in [5.41, 5.74) is 32.2. The molecule has 6 heterocycles. The summed E-state index contributed by atoms with van der Waals surface area (Å²) in [6.07, 6.45) is 18.2. The molecule has 8 fully saturated rings. The highest BCUT2D eigenvalue weighted by Gasteiger charge is 2.49. The molecule has 8 atom stereocenters. The minimum atomic E-state index is -0.992. The molecule has 8 aliphatic rings. The highest BCUT2D eigenvalue weighted by molar-refractivity contribution is 5.96. The Bertz CT molecular complexity index is 5960. The fraction of sp³-hybridized carbons (Fsp3) is 0.436. The van der Waals surface area contributed by atoms with Gasteiger partial charge in [-0.15, -0.1) is 0 Å². The molecule has 2 aromatic heterocycles. The van der Waals surface area contributed by atoms with Crippen molar-refractivity contribution in [2.75, 3.05) is 52.4 Å². The summed E-state index contributed by atoms with van der Waals surface area (Å²) >= 11 is 0. The van der Waals surface area contributed by atoms with E-state index in [9.17, 15) is 57.1 Å². The van der Waals surface area contributed by atoms with E-state index in [1.807, 2.05) is 136 Å². The number of likely N-dealkylation sites (tertiary alicyclic amines) is 4. The van der Waals surface area contributed by atoms with Gasteiger partial charge in [0.2, 0.25) is 23.6 Å². The molecule has 4 amide bonds. The zero-order chi connectivity index (χ0) is 96.9. The van der Waals surface area contributed by atoms with Gasteiger partial charge in [0.15, 0.2) is 34.8 Å². The molecular formula is C110H126FN13O14. The number of nitrogens with zero attached hydrogens (tertiary/aromatic N) is 7. The Hall–Kier alpha value is -13.1. The molecule has 18 rings (SSSR count). The van der Waals surface area contributed by atoms with Gasteiger partial charge >= 0.3 is 17.5 Å². The van der Waals surface area contributed by atoms with Crippen LogP contribution in [-0.4, -0.2) is 174 Å². The molecule has 4 aliphatic heterocycles. The van der Waals surface area contributed by atoms with Crippen molar-refractivity contribution in [3.63, 3.8) is 0 Å². The first-order chi connectivity index (χ1) is 67.0. The number of hydrogen-bond acceptors (Lipinski definition) is 20. The van der Waals surface area contributed by atoms with E-state index in [1.165, 1.54) is 24.3 Å². The number of nitrogens with two attached hydrogens (primary N) is 4. The number of amides is 4. The summed E-state index contributed by atoms with van der Waals surface area (Å²) in [6.45, 7) is 5.01. The maximum absolute atomic E-state index is 14.8. The molecular weight excluding hydrogens is 1750 g/mol. The number of aromatic nitrogens is 4. The number of rotatable bonds is 27. The maximum Gasteiger partial charge on any atom is 0.439 e. The predicted molar refractivity (Wildman–Crippen MR) is 520 cm³/mol. The summed E-state index contributed by atoms with van der Waals surface area (Å²) in [5.74, 6) is -0.551. The average molecular weight is 1870 g/mol. The van der Waals surface area contributed by atoms with Gasteiger partial charge < -0.3 is 47.6 Å². The summed E-state index contributed by atoms with van der Waals surface area (Å²) in [6, 6.07) is 65.3. The molecule has 4 aliphatic carbocycles. The van der Waals surface area contributed by atoms with Gasteiger partial charge in [0.05, 0.1) is 46.9 Å². The highest BCUT2D eigenvalue weighted by atomic mass is 19.1. The van der Waals surface area contributed by atoms with Crippen molar-refractivity contribution in [3.8, 4) is 28.8 Å². The van der Waals surface area contributed by atoms with Crippen LogP contribution in [-0.2, 0) is 64.0 Å². The molecule has 722 valence electrons. The second kappa shape index (κ2) is 47.3. The number of aromatic carboxylic acids is 1. The second-order valence-electron chi connectivity index (χ2n) is 38.7. The smallest absolute Gasteiger partial charge is 0.439 e. The maximum atomic E-state index is 14.8. The lowest BCUT2D eigenvalue weighted by molar-refractivity contribution is -0.142. The number of hydrogen-bond donors (Lipinski definition) is 7. The van der Waals surface area contributed by atoms with Crippen LogP contribution in [0.15, 0.2) is 231 Å². The van der Waals surface area contributed by atoms with E-state index in [0.29, 0.717) is 105 Å². The molecule has 28 heteroatoms. The molecule has 8 aromatic carbocycles. The van der Waals surface area contributed by atoms with Crippen LogP contribution in [0.5, 0.6) is 0 Å². The quantitative estimate of drug-likeness (QED) is 0.0251. The molecule has 0 radical (unpaired) electrons. The van der Waals surface area contributed by atoms with Gasteiger partial charge in [-0.1, -0.05) is 186 Å². The predicted octanol–water partition coefficient (Wildman–Crippen LogP) is 14.2. The standard InChI is InChI=1S/C28H31FN4O4.C28H32N4O4.C27H31N3O2.C27H32N2O4/c29-23-14-18(8-11-22(23)26-31-28(36)37-32-26)15-24(34)25-21(19-4-2-1-3-5-19)12-13-33(25)27(35)20-9-6-17(16-30)7-10-20;29-17-19-8-12-22(13-9-19)27(34)32-15-14-23(20-4-2-1-3-5-20)25(32)24(33)16-18-6-10-21(11-7-18)26-30-28(35)36-31-26;28-17-20-8-6-19(7-9-20)16-25(31)26-24(22-4-2-1-3-5-22)14-15-30(26)27(32)23-12-10-21(18-29)11-13-23;28-17-19-8-10-21(11-9-19)26(31)29-15-14-23(20-4-2-1-3-5-20)25(29)24(30)16-18-6-12-22(13-7-18)27(32)33/h1-5,8,11,14,17,20-21,25H,6-7,9-10,12-13,15-16,30H2,(H,31,32,36);1-7,10-11,19,22-23,25H,8-9,12-17,29H2,(H,30,31,35);1-9,21,23-24,26H,10-16,18,29H2;1-7,12-13,19,21,23,25H,8-11,14-17,28H2,(H,32,33)/t17?,20?,21-,25-;19?,22?,23-,25-;21?,23?,24-,26-;19?,21?,23-,25+/m0000/s1. The molecule has 0 bridgehead atoms. The molecule has 0 unspecified atom stereocenters. The number of nitrogens with one attached hydrogen (secondary N) is 2. The lowest BCUT2D eigenvalue weighted by Gasteiger charge is -2.33. The Morgan fingerprint density at radius 1 is 0.362 bits per heavy atom. The number of H-pyrrole nitrogens is 2. The number of carboxylic acid groups (broad SMARTS) is 1. The average Bonchev–Trinajstić information content (AvgIpc) is 1.65. The van der Waals surface area contributed by atoms with E-state index < -0.39 is 47.5 Å². The molecule has 11 N–H and O–H groups in total. The van der Waals surface area contributed by atoms with Crippen LogP contribution in [0.1, 0.15) is 213 Å². The van der Waals surface area contributed by atoms with E-state index in [0.717, 1.165) is 161 Å². The Morgan fingerprint density at radius 3 is 0.906 bits per heavy atom. The number of aromatic amines is 2. The topological polar surface area (TPSA) is 432 Å². The molecule has 27 nitrogen and oxygen atoms in total. The second-order valence-corrected chi connectivity index (χ2v) is 38.7. The highest BCUT2D eigenvalue weighted by Crippen LogP contribution is 2.45. The van der Waals surface area contributed by atoms with Crippen LogP contribution in [0.3, 0.4) is 0 Å². The summed E-state index contributed by atoms with van der Waals surface area (Å²) in [7, 11) is 0. The number of Topliss-reactive ketones (excluding diaryl/α,β-unsaturated/α-hetero) is 4. The first kappa shape index (κ1) is 99.4. The van der Waals surface area contributed by atoms with Crippen LogP contribution in [0.4, 0.5) is 4.39 Å². The van der Waals surface area contributed by atoms with Crippen molar-refractivity contribution in [2.24, 2.45) is 70.3 Å². The van der Waals surface area contributed by atoms with Gasteiger partial charge in [-0.25, -0.2) is 18.8 Å². The summed E-state index contributed by atoms with van der Waals surface area (Å²) in [5, 5.41) is 25.4. The van der Waals surface area contributed by atoms with Crippen LogP contribution in [0, 0.1) is 64.5 Å². The number of nitriles is 1. The van der Waals surface area contributed by atoms with Crippen molar-refractivity contribution in [1.82, 2.24) is 39.9 Å². The zero-order valence-electron chi connectivity index (χ0n) is 78.1. The van der Waals surface area contributed by atoms with Crippen LogP contribution in [0.2, 0.25) is 0 Å². The first-order valence-electron chi connectivity index (χ1n) is 49.2. The number of carbonyl (C=O) groups is 9. The normalized spacial score (nSPS) is 24.5. The van der Waals surface area contributed by atoms with Crippen LogP contribution < -0.4 is 34.4 Å². The van der Waals surface area contributed by atoms with E-state index in [2.05, 4.69) is 59.7 Å². The van der Waals surface area contributed by atoms with Crippen molar-refractivity contribution in [1.29, 1.82) is 5.26 Å². The third-order valence-corrected chi connectivity index (χ3v) is 30.3. The molecule has 138 heavy (non-hydrogen) atoms. The lowest BCUT2D eigenvalue weighted by atomic mass is 9.81. The molecule has 10 aromatic rings. The Labute approximate surface area is 803 Å². The van der Waals surface area contributed by atoms with Crippen molar-refractivity contribution < 1.29 is 61.7 Å². The molecule has 4 saturated heterocycles. The van der Waals surface area contributed by atoms with E-state index in [4.69, 9.17) is 33.3 Å². The lowest BCUT2D eigenvalue weighted by Crippen LogP contribution is -2.46. The first-order valence-corrected chi connectivity index (χ1v) is 49.2. The van der Waals surface area contributed by atoms with E-state index in [1.54, 1.807) is 47.4 Å². The number of carboxylic acids is 1. The van der Waals surface area contributed by atoms with E-state index in [-0.39, 0.29) is 137 Å². The monoisotopic (exact) mass is 1870 g/mol. The van der Waals surface area contributed by atoms with Gasteiger partial charge in [0, 0.05) is 105 Å². The van der Waals surface area contributed by atoms with Gasteiger partial charge in [0.1, 0.15) is 5.82 Å². The van der Waals surface area contributed by atoms with Gasteiger partial charge in [-0.2, -0.15) is 5.26 Å². The van der Waals surface area contributed by atoms with Crippen molar-refractivity contribution in [2.45, 2.75) is 202 Å². The third kappa shape index (κ3) is 24.4. The minimum Gasteiger partial charge on any atom is -0.478 e. The number of halogens is 1. The van der Waals surface area contributed by atoms with Gasteiger partial charge in [-0.05, 0) is 259 Å². The fourth-order valence-corrected chi connectivity index (χ4v) is 22.5. The minimum absolute atomic E-state index is 0.00228. The van der Waals surface area contributed by atoms with Gasteiger partial charge in [0.25, 0.3) is 0 Å².